The van der Waals surface area contributed by atoms with E-state index in [-0.39, 0.29) is 17.0 Å². The molecule has 0 aromatic heterocycles. The van der Waals surface area contributed by atoms with E-state index < -0.39 is 28.3 Å². The number of nitro groups is 1. The Kier molecular flexibility index (Phi) is 4.02. The highest BCUT2D eigenvalue weighted by molar-refractivity contribution is 5.63. The molecule has 2 N–H and O–H groups in total. The maximum Gasteiger partial charge on any atom is 0.295 e. The fraction of sp³-hybridized carbons (Fsp3) is 0.143. The molecule has 0 heterocycles. The molecule has 5 nitrogen and oxygen atoms in total. The molecule has 110 valence electrons. The van der Waals surface area contributed by atoms with Gasteiger partial charge in [-0.15, -0.1) is 0 Å². The van der Waals surface area contributed by atoms with Crippen LogP contribution in [0.3, 0.4) is 0 Å². The molecule has 2 rings (SSSR count). The topological polar surface area (TPSA) is 75.4 Å². The second-order valence-electron chi connectivity index (χ2n) is 4.46. The van der Waals surface area contributed by atoms with E-state index in [0.717, 1.165) is 18.2 Å². The van der Waals surface area contributed by atoms with Crippen LogP contribution in [0.4, 0.5) is 20.2 Å². The summed E-state index contributed by atoms with van der Waals surface area (Å²) in [6.45, 7) is 1.53. The van der Waals surface area contributed by atoms with Crippen LogP contribution in [0.2, 0.25) is 0 Å². The lowest BCUT2D eigenvalue weighted by Crippen LogP contribution is -2.11. The minimum Gasteiger partial charge on any atom is -0.508 e. The molecule has 0 spiro atoms. The average molecular weight is 294 g/mol. The van der Waals surface area contributed by atoms with E-state index in [1.54, 1.807) is 0 Å². The summed E-state index contributed by atoms with van der Waals surface area (Å²) in [7, 11) is 0. The van der Waals surface area contributed by atoms with Gasteiger partial charge in [-0.05, 0) is 19.1 Å². The van der Waals surface area contributed by atoms with Crippen LogP contribution in [-0.4, -0.2) is 10.0 Å². The first kappa shape index (κ1) is 14.7. The van der Waals surface area contributed by atoms with Crippen molar-refractivity contribution in [2.75, 3.05) is 5.32 Å². The van der Waals surface area contributed by atoms with E-state index in [1.165, 1.54) is 25.1 Å². The molecule has 1 unspecified atom stereocenters. The number of rotatable bonds is 4. The summed E-state index contributed by atoms with van der Waals surface area (Å²) in [5, 5.41) is 22.7. The van der Waals surface area contributed by atoms with Crippen molar-refractivity contribution in [3.05, 3.63) is 63.7 Å². The van der Waals surface area contributed by atoms with E-state index in [1.807, 2.05) is 0 Å². The maximum atomic E-state index is 13.8. The largest absolute Gasteiger partial charge is 0.508 e. The van der Waals surface area contributed by atoms with E-state index in [9.17, 15) is 18.9 Å². The Bertz CT molecular complexity index is 692. The molecular formula is C14H12F2N2O3. The van der Waals surface area contributed by atoms with Crippen molar-refractivity contribution in [3.8, 4) is 5.75 Å². The molecule has 0 amide bonds. The summed E-state index contributed by atoms with van der Waals surface area (Å²) in [6.07, 6.45) is 0. The Balaban J connectivity index is 2.36. The SMILES string of the molecule is CC(Nc1c(F)cccc1[N+](=O)[O-])c1ccc(O)cc1F. The van der Waals surface area contributed by atoms with Crippen LogP contribution in [0, 0.1) is 21.7 Å². The minimum atomic E-state index is -0.796. The van der Waals surface area contributed by atoms with Crippen LogP contribution in [0.1, 0.15) is 18.5 Å². The highest BCUT2D eigenvalue weighted by Gasteiger charge is 2.21. The van der Waals surface area contributed by atoms with Crippen molar-refractivity contribution in [2.45, 2.75) is 13.0 Å². The van der Waals surface area contributed by atoms with E-state index >= 15 is 0 Å². The number of phenols is 1. The second kappa shape index (κ2) is 5.74. The normalized spacial score (nSPS) is 12.0. The molecule has 0 aliphatic heterocycles. The summed E-state index contributed by atoms with van der Waals surface area (Å²) in [6, 6.07) is 6.27. The lowest BCUT2D eigenvalue weighted by Gasteiger charge is -2.17. The summed E-state index contributed by atoms with van der Waals surface area (Å²) < 4.78 is 27.5. The number of aromatic hydroxyl groups is 1. The predicted octanol–water partition coefficient (Wildman–Crippen LogP) is 3.75. The fourth-order valence-corrected chi connectivity index (χ4v) is 1.97. The molecule has 0 fully saturated rings. The van der Waals surface area contributed by atoms with E-state index in [2.05, 4.69) is 5.32 Å². The lowest BCUT2D eigenvalue weighted by atomic mass is 10.1. The monoisotopic (exact) mass is 294 g/mol. The zero-order valence-electron chi connectivity index (χ0n) is 11.0. The van der Waals surface area contributed by atoms with Crippen molar-refractivity contribution < 1.29 is 18.8 Å². The van der Waals surface area contributed by atoms with Crippen LogP contribution >= 0.6 is 0 Å². The van der Waals surface area contributed by atoms with Gasteiger partial charge in [-0.2, -0.15) is 0 Å². The molecular weight excluding hydrogens is 282 g/mol. The van der Waals surface area contributed by atoms with Crippen LogP contribution in [0.15, 0.2) is 36.4 Å². The number of nitrogens with one attached hydrogen (secondary N) is 1. The number of nitro benzene ring substituents is 1. The number of anilines is 1. The van der Waals surface area contributed by atoms with E-state index in [0.29, 0.717) is 0 Å². The fourth-order valence-electron chi connectivity index (χ4n) is 1.97. The molecule has 0 saturated heterocycles. The number of hydrogen-bond acceptors (Lipinski definition) is 4. The Labute approximate surface area is 119 Å². The number of halogens is 2. The lowest BCUT2D eigenvalue weighted by molar-refractivity contribution is -0.384. The van der Waals surface area contributed by atoms with E-state index in [4.69, 9.17) is 5.11 Å². The van der Waals surface area contributed by atoms with Gasteiger partial charge in [0.2, 0.25) is 0 Å². The molecule has 0 aliphatic carbocycles. The Hall–Kier alpha value is -2.70. The summed E-state index contributed by atoms with van der Waals surface area (Å²) in [5.74, 6) is -1.72. The average Bonchev–Trinajstić information content (AvgIpc) is 2.40. The molecule has 2 aromatic carbocycles. The number of phenolic OH excluding ortho intramolecular Hbond substituents is 1. The Morgan fingerprint density at radius 3 is 2.57 bits per heavy atom. The summed E-state index contributed by atoms with van der Waals surface area (Å²) >= 11 is 0. The number of nitrogens with zero attached hydrogens (tertiary/aromatic N) is 1. The van der Waals surface area contributed by atoms with Crippen LogP contribution in [-0.2, 0) is 0 Å². The zero-order chi connectivity index (χ0) is 15.6. The third-order valence-corrected chi connectivity index (χ3v) is 3.00. The van der Waals surface area contributed by atoms with Gasteiger partial charge >= 0.3 is 0 Å². The Morgan fingerprint density at radius 1 is 1.24 bits per heavy atom. The molecule has 7 heteroatoms. The van der Waals surface area contributed by atoms with Crippen LogP contribution in [0.5, 0.6) is 5.75 Å². The highest BCUT2D eigenvalue weighted by atomic mass is 19.1. The van der Waals surface area contributed by atoms with Crippen molar-refractivity contribution in [1.82, 2.24) is 0 Å². The van der Waals surface area contributed by atoms with Gasteiger partial charge in [0.15, 0.2) is 5.82 Å². The standard InChI is InChI=1S/C14H12F2N2O3/c1-8(10-6-5-9(19)7-12(10)16)17-14-11(15)3-2-4-13(14)18(20)21/h2-8,17,19H,1H3. The number of benzene rings is 2. The number of para-hydroxylation sites is 1. The van der Waals surface area contributed by atoms with Crippen molar-refractivity contribution in [2.24, 2.45) is 0 Å². The zero-order valence-corrected chi connectivity index (χ0v) is 11.0. The van der Waals surface area contributed by atoms with Gasteiger partial charge in [0.05, 0.1) is 11.0 Å². The highest BCUT2D eigenvalue weighted by Crippen LogP contribution is 2.31. The smallest absolute Gasteiger partial charge is 0.295 e. The molecule has 0 bridgehead atoms. The van der Waals surface area contributed by atoms with Crippen molar-refractivity contribution in [1.29, 1.82) is 0 Å². The molecule has 21 heavy (non-hydrogen) atoms. The maximum absolute atomic E-state index is 13.8. The molecule has 1 atom stereocenters. The van der Waals surface area contributed by atoms with Crippen LogP contribution < -0.4 is 5.32 Å². The summed E-state index contributed by atoms with van der Waals surface area (Å²) in [5.41, 5.74) is -0.575. The second-order valence-corrected chi connectivity index (χ2v) is 4.46. The number of hydrogen-bond donors (Lipinski definition) is 2. The third kappa shape index (κ3) is 3.07. The summed E-state index contributed by atoms with van der Waals surface area (Å²) in [4.78, 5) is 10.2. The van der Waals surface area contributed by atoms with Gasteiger partial charge in [-0.3, -0.25) is 10.1 Å². The first-order chi connectivity index (χ1) is 9.90. The molecule has 0 radical (unpaired) electrons. The van der Waals surface area contributed by atoms with Gasteiger partial charge < -0.3 is 10.4 Å². The molecule has 0 aliphatic rings. The third-order valence-electron chi connectivity index (χ3n) is 3.00. The van der Waals surface area contributed by atoms with Crippen molar-refractivity contribution >= 4 is 11.4 Å². The van der Waals surface area contributed by atoms with Crippen molar-refractivity contribution in [3.63, 3.8) is 0 Å². The first-order valence-corrected chi connectivity index (χ1v) is 6.08. The van der Waals surface area contributed by atoms with Crippen LogP contribution in [0.25, 0.3) is 0 Å². The minimum absolute atomic E-state index is 0.158. The quantitative estimate of drug-likeness (QED) is 0.665. The first-order valence-electron chi connectivity index (χ1n) is 6.08. The van der Waals surface area contributed by atoms with Gasteiger partial charge in [0.25, 0.3) is 5.69 Å². The van der Waals surface area contributed by atoms with Gasteiger partial charge in [0, 0.05) is 17.7 Å². The van der Waals surface area contributed by atoms with Gasteiger partial charge in [-0.25, -0.2) is 8.78 Å². The van der Waals surface area contributed by atoms with Gasteiger partial charge in [-0.1, -0.05) is 12.1 Å². The molecule has 2 aromatic rings. The Morgan fingerprint density at radius 2 is 1.95 bits per heavy atom. The predicted molar refractivity (Wildman–Crippen MR) is 73.2 cm³/mol. The molecule has 0 saturated carbocycles. The van der Waals surface area contributed by atoms with Gasteiger partial charge in [0.1, 0.15) is 17.3 Å².